The van der Waals surface area contributed by atoms with Crippen molar-refractivity contribution in [2.24, 2.45) is 0 Å². The second kappa shape index (κ2) is 13.9. The molecular formula is C54H37N3S. The minimum atomic E-state index is 0.778. The van der Waals surface area contributed by atoms with Gasteiger partial charge in [0.05, 0.1) is 11.9 Å². The molecule has 0 bridgehead atoms. The highest BCUT2D eigenvalue weighted by atomic mass is 32.1. The van der Waals surface area contributed by atoms with E-state index in [1.807, 2.05) is 17.4 Å². The second-order valence-corrected chi connectivity index (χ2v) is 16.3. The Morgan fingerprint density at radius 1 is 0.466 bits per heavy atom. The molecule has 2 heterocycles. The molecule has 0 saturated heterocycles. The standard InChI is InChI=1S/C54H37N3S/c1-33-30-44-39-23-13-12-22-38(39)31-45(44)49(34(33)2)41-26-27-48-51(40-24-14-15-25-47(40)58-48)52(41)53-43(36-18-8-4-9-19-36)32-42(35-16-6-3-7-17-35)50(37-20-10-5-11-21-37)54(53)46-28-29-55-57-56-46/h3-30,32H,31H2,1-2H3. The van der Waals surface area contributed by atoms with E-state index in [0.29, 0.717) is 0 Å². The first-order valence-electron chi connectivity index (χ1n) is 19.8. The maximum atomic E-state index is 4.88. The lowest BCUT2D eigenvalue weighted by Crippen LogP contribution is -2.03. The van der Waals surface area contributed by atoms with Crippen LogP contribution in [-0.4, -0.2) is 15.4 Å². The van der Waals surface area contributed by atoms with Gasteiger partial charge in [0, 0.05) is 36.9 Å². The quantitative estimate of drug-likeness (QED) is 0.169. The molecule has 0 amide bonds. The molecule has 58 heavy (non-hydrogen) atoms. The van der Waals surface area contributed by atoms with Crippen molar-refractivity contribution in [3.05, 3.63) is 198 Å². The van der Waals surface area contributed by atoms with E-state index in [1.54, 1.807) is 6.20 Å². The average Bonchev–Trinajstić information content (AvgIpc) is 3.85. The van der Waals surface area contributed by atoms with Crippen LogP contribution in [0.25, 0.3) is 98.2 Å². The number of hydrogen-bond acceptors (Lipinski definition) is 4. The molecule has 0 radical (unpaired) electrons. The minimum absolute atomic E-state index is 0.778. The van der Waals surface area contributed by atoms with Crippen molar-refractivity contribution in [3.63, 3.8) is 0 Å². The van der Waals surface area contributed by atoms with E-state index in [-0.39, 0.29) is 0 Å². The highest BCUT2D eigenvalue weighted by molar-refractivity contribution is 7.26. The third-order valence-electron chi connectivity index (χ3n) is 12.0. The van der Waals surface area contributed by atoms with Gasteiger partial charge in [-0.1, -0.05) is 146 Å². The van der Waals surface area contributed by atoms with Gasteiger partial charge >= 0.3 is 0 Å². The molecule has 10 aromatic rings. The average molecular weight is 760 g/mol. The van der Waals surface area contributed by atoms with Crippen molar-refractivity contribution >= 4 is 31.5 Å². The van der Waals surface area contributed by atoms with E-state index in [9.17, 15) is 0 Å². The monoisotopic (exact) mass is 759 g/mol. The molecular weight excluding hydrogens is 723 g/mol. The highest BCUT2D eigenvalue weighted by Crippen LogP contribution is 2.56. The van der Waals surface area contributed by atoms with Gasteiger partial charge in [-0.05, 0) is 128 Å². The largest absolute Gasteiger partial charge is 0.139 e. The minimum Gasteiger partial charge on any atom is -0.139 e. The van der Waals surface area contributed by atoms with Crippen molar-refractivity contribution in [2.45, 2.75) is 20.3 Å². The van der Waals surface area contributed by atoms with Gasteiger partial charge < -0.3 is 0 Å². The number of benzene rings is 8. The smallest absolute Gasteiger partial charge is 0.0976 e. The van der Waals surface area contributed by atoms with E-state index in [4.69, 9.17) is 5.10 Å². The van der Waals surface area contributed by atoms with Crippen molar-refractivity contribution in [1.29, 1.82) is 0 Å². The predicted molar refractivity (Wildman–Crippen MR) is 243 cm³/mol. The molecule has 0 aliphatic heterocycles. The number of aryl methyl sites for hydroxylation is 1. The fraction of sp³-hybridized carbons (Fsp3) is 0.0556. The first-order chi connectivity index (χ1) is 28.6. The number of thiophene rings is 1. The molecule has 0 unspecified atom stereocenters. The summed E-state index contributed by atoms with van der Waals surface area (Å²) in [7, 11) is 0. The van der Waals surface area contributed by atoms with E-state index < -0.39 is 0 Å². The fourth-order valence-corrected chi connectivity index (χ4v) is 10.5. The Morgan fingerprint density at radius 3 is 1.84 bits per heavy atom. The van der Waals surface area contributed by atoms with Gasteiger partial charge in [0.15, 0.2) is 0 Å². The van der Waals surface area contributed by atoms with Crippen molar-refractivity contribution < 1.29 is 0 Å². The van der Waals surface area contributed by atoms with Crippen LogP contribution in [0, 0.1) is 13.8 Å². The van der Waals surface area contributed by atoms with Crippen LogP contribution in [0.2, 0.25) is 0 Å². The molecule has 4 heteroatoms. The van der Waals surface area contributed by atoms with E-state index in [2.05, 4.69) is 188 Å². The maximum absolute atomic E-state index is 4.88. The lowest BCUT2D eigenvalue weighted by atomic mass is 9.76. The van der Waals surface area contributed by atoms with Crippen LogP contribution in [0.1, 0.15) is 22.3 Å². The number of nitrogens with zero attached hydrogens (tertiary/aromatic N) is 3. The van der Waals surface area contributed by atoms with Crippen molar-refractivity contribution in [1.82, 2.24) is 15.4 Å². The summed E-state index contributed by atoms with van der Waals surface area (Å²) in [4.78, 5) is 0. The molecule has 11 rings (SSSR count). The van der Waals surface area contributed by atoms with E-state index in [0.717, 1.165) is 56.6 Å². The van der Waals surface area contributed by atoms with Crippen LogP contribution < -0.4 is 0 Å². The van der Waals surface area contributed by atoms with Crippen molar-refractivity contribution in [3.8, 4) is 78.0 Å². The summed E-state index contributed by atoms with van der Waals surface area (Å²) < 4.78 is 2.52. The zero-order chi connectivity index (χ0) is 38.7. The number of fused-ring (bicyclic) bond motifs is 6. The number of hydrogen-bond donors (Lipinski definition) is 0. The van der Waals surface area contributed by atoms with E-state index >= 15 is 0 Å². The SMILES string of the molecule is Cc1cc2c(c(-c3ccc4sc5ccccc5c4c3-c3c(-c4ccccc4)cc(-c4ccccc4)c(-c4ccccc4)c3-c3ccnnn3)c1C)Cc1ccccc1-2. The van der Waals surface area contributed by atoms with Gasteiger partial charge in [-0.25, -0.2) is 0 Å². The molecule has 1 aliphatic rings. The van der Waals surface area contributed by atoms with Crippen molar-refractivity contribution in [2.75, 3.05) is 0 Å². The third kappa shape index (κ3) is 5.44. The molecule has 3 nitrogen and oxygen atoms in total. The summed E-state index contributed by atoms with van der Waals surface area (Å²) in [5.41, 5.74) is 21.5. The first-order valence-corrected chi connectivity index (χ1v) is 20.6. The Hall–Kier alpha value is -7.01. The molecule has 0 N–H and O–H groups in total. The molecule has 274 valence electrons. The zero-order valence-electron chi connectivity index (χ0n) is 32.2. The third-order valence-corrected chi connectivity index (χ3v) is 13.1. The van der Waals surface area contributed by atoms with E-state index in [1.165, 1.54) is 70.2 Å². The second-order valence-electron chi connectivity index (χ2n) is 15.2. The number of aromatic nitrogens is 3. The molecule has 0 fully saturated rings. The highest BCUT2D eigenvalue weighted by Gasteiger charge is 2.31. The van der Waals surface area contributed by atoms with Gasteiger partial charge in [-0.2, -0.15) is 0 Å². The van der Waals surface area contributed by atoms with Crippen LogP contribution in [0.15, 0.2) is 176 Å². The van der Waals surface area contributed by atoms with Gasteiger partial charge in [0.25, 0.3) is 0 Å². The Morgan fingerprint density at radius 2 is 1.12 bits per heavy atom. The molecule has 0 atom stereocenters. The van der Waals surface area contributed by atoms with Gasteiger partial charge in [0.1, 0.15) is 0 Å². The molecule has 0 spiro atoms. The van der Waals surface area contributed by atoms with Gasteiger partial charge in [-0.15, -0.1) is 21.5 Å². The Kier molecular flexibility index (Phi) is 8.19. The maximum Gasteiger partial charge on any atom is 0.0976 e. The summed E-state index contributed by atoms with van der Waals surface area (Å²) in [6.07, 6.45) is 2.66. The van der Waals surface area contributed by atoms with Crippen LogP contribution in [-0.2, 0) is 6.42 Å². The lowest BCUT2D eigenvalue weighted by Gasteiger charge is -2.26. The zero-order valence-corrected chi connectivity index (χ0v) is 33.0. The summed E-state index contributed by atoms with van der Waals surface area (Å²) in [5.74, 6) is 0. The predicted octanol–water partition coefficient (Wildman–Crippen LogP) is 14.4. The first kappa shape index (κ1) is 34.3. The molecule has 1 aliphatic carbocycles. The molecule has 0 saturated carbocycles. The summed E-state index contributed by atoms with van der Waals surface area (Å²) >= 11 is 1.86. The van der Waals surface area contributed by atoms with Crippen LogP contribution in [0.3, 0.4) is 0 Å². The fourth-order valence-electron chi connectivity index (χ4n) is 9.34. The lowest BCUT2D eigenvalue weighted by molar-refractivity contribution is 0.871. The van der Waals surface area contributed by atoms with Crippen LogP contribution >= 0.6 is 11.3 Å². The normalized spacial score (nSPS) is 11.9. The Labute approximate surface area is 342 Å². The summed E-state index contributed by atoms with van der Waals surface area (Å²) in [6.45, 7) is 4.59. The Balaban J connectivity index is 1.40. The van der Waals surface area contributed by atoms with Crippen LogP contribution in [0.5, 0.6) is 0 Å². The van der Waals surface area contributed by atoms with Crippen LogP contribution in [0.4, 0.5) is 0 Å². The number of rotatable bonds is 6. The summed E-state index contributed by atoms with van der Waals surface area (Å²) in [6, 6.07) is 61.9. The molecule has 2 aromatic heterocycles. The van der Waals surface area contributed by atoms with Gasteiger partial charge in [0.2, 0.25) is 0 Å². The Bertz CT molecular complexity index is 3190. The topological polar surface area (TPSA) is 38.7 Å². The van der Waals surface area contributed by atoms with Gasteiger partial charge in [-0.3, -0.25) is 0 Å². The molecule has 8 aromatic carbocycles. The summed E-state index contributed by atoms with van der Waals surface area (Å²) in [5, 5.41) is 15.9.